The number of allylic oxidation sites excluding steroid dienone is 2. The maximum Gasteiger partial charge on any atom is 0.251 e. The van der Waals surface area contributed by atoms with Crippen LogP contribution < -0.4 is 15.0 Å². The van der Waals surface area contributed by atoms with Gasteiger partial charge in [0, 0.05) is 30.9 Å². The van der Waals surface area contributed by atoms with Gasteiger partial charge in [0.25, 0.3) is 5.91 Å². The van der Waals surface area contributed by atoms with Crippen molar-refractivity contribution in [2.45, 2.75) is 44.6 Å². The highest BCUT2D eigenvalue weighted by Crippen LogP contribution is 2.40. The van der Waals surface area contributed by atoms with Gasteiger partial charge in [-0.3, -0.25) is 4.79 Å². The van der Waals surface area contributed by atoms with E-state index in [9.17, 15) is 9.90 Å². The predicted molar refractivity (Wildman–Crippen MR) is 151 cm³/mol. The van der Waals surface area contributed by atoms with Crippen LogP contribution in [0.15, 0.2) is 77.3 Å². The normalized spacial score (nSPS) is 22.6. The third kappa shape index (κ3) is 4.91. The molecule has 0 spiro atoms. The second kappa shape index (κ2) is 10.5. The second-order valence-electron chi connectivity index (χ2n) is 11.0. The van der Waals surface area contributed by atoms with Crippen molar-refractivity contribution in [2.24, 2.45) is 0 Å². The molecule has 1 amide bonds. The average molecular weight is 528 g/mol. The second-order valence-corrected chi connectivity index (χ2v) is 11.0. The van der Waals surface area contributed by atoms with Crippen LogP contribution in [0.2, 0.25) is 0 Å². The number of piperidine rings is 1. The standard InChI is InChI=1S/C32H37N3O4/c1-32(37)25(18-22-6-11-27(38-2)12-7-22)9-8-23-19-26(10-13-28(23)32)35-16-17-39-29-20-24(21-33-30(29)35)31(36)34-14-4-3-5-15-34/h6-7,9-13,19-20,33,37H,3-5,8,14-18,21H2,1-2H3. The highest BCUT2D eigenvalue weighted by Gasteiger charge is 2.34. The molecule has 0 saturated carbocycles. The Balaban J connectivity index is 1.22. The summed E-state index contributed by atoms with van der Waals surface area (Å²) in [5.74, 6) is 2.56. The van der Waals surface area contributed by atoms with Gasteiger partial charge in [-0.15, -0.1) is 0 Å². The zero-order valence-corrected chi connectivity index (χ0v) is 22.8. The molecule has 0 radical (unpaired) electrons. The maximum atomic E-state index is 13.1. The van der Waals surface area contributed by atoms with E-state index in [2.05, 4.69) is 46.6 Å². The summed E-state index contributed by atoms with van der Waals surface area (Å²) in [6, 6.07) is 14.3. The SMILES string of the molecule is COc1ccc(CC2=CCc3cc(N4CCOC5=C4NCC(C(=O)N4CCCCC4)=C5)ccc3C2(C)O)cc1. The van der Waals surface area contributed by atoms with E-state index < -0.39 is 5.60 Å². The lowest BCUT2D eigenvalue weighted by Gasteiger charge is -2.38. The lowest BCUT2D eigenvalue weighted by atomic mass is 9.77. The molecule has 7 nitrogen and oxygen atoms in total. The van der Waals surface area contributed by atoms with Gasteiger partial charge in [-0.2, -0.15) is 0 Å². The molecule has 2 aromatic carbocycles. The molecule has 1 fully saturated rings. The zero-order valence-electron chi connectivity index (χ0n) is 22.8. The number of carbonyl (C=O) groups excluding carboxylic acids is 1. The molecule has 0 bridgehead atoms. The molecule has 7 heteroatoms. The number of aliphatic hydroxyl groups is 1. The number of nitrogens with zero attached hydrogens (tertiary/aromatic N) is 2. The fourth-order valence-electron chi connectivity index (χ4n) is 6.14. The minimum Gasteiger partial charge on any atom is -0.497 e. The number of hydrogen-bond acceptors (Lipinski definition) is 6. The number of hydrogen-bond donors (Lipinski definition) is 2. The number of amides is 1. The van der Waals surface area contributed by atoms with Crippen molar-refractivity contribution in [3.63, 3.8) is 0 Å². The molecule has 2 aromatic rings. The van der Waals surface area contributed by atoms with Crippen molar-refractivity contribution < 1.29 is 19.4 Å². The van der Waals surface area contributed by atoms with Crippen molar-refractivity contribution >= 4 is 11.6 Å². The number of ether oxygens (including phenoxy) is 2. The molecule has 1 unspecified atom stereocenters. The Kier molecular flexibility index (Phi) is 6.85. The summed E-state index contributed by atoms with van der Waals surface area (Å²) in [7, 11) is 1.67. The van der Waals surface area contributed by atoms with Crippen LogP contribution in [0, 0.1) is 0 Å². The number of likely N-dealkylation sites (tertiary alicyclic amines) is 1. The molecule has 0 aromatic heterocycles. The number of fused-ring (bicyclic) bond motifs is 1. The first-order valence-corrected chi connectivity index (χ1v) is 14.0. The van der Waals surface area contributed by atoms with Crippen molar-refractivity contribution in [3.05, 3.63) is 94.0 Å². The van der Waals surface area contributed by atoms with E-state index in [0.29, 0.717) is 26.1 Å². The summed E-state index contributed by atoms with van der Waals surface area (Å²) in [5, 5.41) is 15.1. The Morgan fingerprint density at radius 2 is 1.90 bits per heavy atom. The monoisotopic (exact) mass is 527 g/mol. The van der Waals surface area contributed by atoms with Crippen molar-refractivity contribution in [1.29, 1.82) is 0 Å². The highest BCUT2D eigenvalue weighted by molar-refractivity contribution is 5.95. The Morgan fingerprint density at radius 1 is 1.10 bits per heavy atom. The van der Waals surface area contributed by atoms with Gasteiger partial charge in [0.1, 0.15) is 23.8 Å². The van der Waals surface area contributed by atoms with E-state index >= 15 is 0 Å². The molecule has 1 saturated heterocycles. The van der Waals surface area contributed by atoms with E-state index in [1.165, 1.54) is 6.42 Å². The van der Waals surface area contributed by atoms with Crippen LogP contribution in [0.25, 0.3) is 0 Å². The topological polar surface area (TPSA) is 74.3 Å². The molecule has 6 rings (SSSR count). The quantitative estimate of drug-likeness (QED) is 0.569. The van der Waals surface area contributed by atoms with E-state index in [1.807, 2.05) is 30.0 Å². The first-order valence-electron chi connectivity index (χ1n) is 14.0. The largest absolute Gasteiger partial charge is 0.497 e. The maximum absolute atomic E-state index is 13.1. The van der Waals surface area contributed by atoms with Gasteiger partial charge < -0.3 is 29.7 Å². The number of benzene rings is 2. The fraction of sp³-hybridized carbons (Fsp3) is 0.406. The first kappa shape index (κ1) is 25.6. The summed E-state index contributed by atoms with van der Waals surface area (Å²) < 4.78 is 11.3. The molecular formula is C32H37N3O4. The lowest BCUT2D eigenvalue weighted by Crippen LogP contribution is -2.45. The highest BCUT2D eigenvalue weighted by atomic mass is 16.5. The van der Waals surface area contributed by atoms with Gasteiger partial charge >= 0.3 is 0 Å². The van der Waals surface area contributed by atoms with Gasteiger partial charge in [-0.25, -0.2) is 0 Å². The third-order valence-corrected chi connectivity index (χ3v) is 8.42. The molecule has 3 heterocycles. The van der Waals surface area contributed by atoms with Crippen LogP contribution in [-0.2, 0) is 28.0 Å². The van der Waals surface area contributed by atoms with Crippen LogP contribution in [0.5, 0.6) is 5.75 Å². The molecular weight excluding hydrogens is 490 g/mol. The van der Waals surface area contributed by atoms with Gasteiger partial charge in [0.2, 0.25) is 0 Å². The fourth-order valence-corrected chi connectivity index (χ4v) is 6.14. The minimum absolute atomic E-state index is 0.114. The van der Waals surface area contributed by atoms with Gasteiger partial charge in [-0.05, 0) is 91.6 Å². The summed E-state index contributed by atoms with van der Waals surface area (Å²) in [6.07, 6.45) is 8.90. The molecule has 39 heavy (non-hydrogen) atoms. The van der Waals surface area contributed by atoms with E-state index in [1.54, 1.807) is 7.11 Å². The Hall–Kier alpha value is -3.71. The first-order chi connectivity index (χ1) is 18.9. The van der Waals surface area contributed by atoms with Crippen LogP contribution in [0.3, 0.4) is 0 Å². The van der Waals surface area contributed by atoms with Crippen molar-refractivity contribution in [1.82, 2.24) is 10.2 Å². The Bertz CT molecular complexity index is 1350. The summed E-state index contributed by atoms with van der Waals surface area (Å²) in [5.41, 5.74) is 4.99. The molecule has 2 N–H and O–H groups in total. The Morgan fingerprint density at radius 3 is 2.67 bits per heavy atom. The Labute approximate surface area is 230 Å². The van der Waals surface area contributed by atoms with Gasteiger partial charge in [-0.1, -0.05) is 24.3 Å². The number of nitrogens with one attached hydrogen (secondary N) is 1. The molecule has 1 atom stereocenters. The number of methoxy groups -OCH3 is 1. The molecule has 4 aliphatic rings. The van der Waals surface area contributed by atoms with Crippen LogP contribution in [0.4, 0.5) is 5.69 Å². The van der Waals surface area contributed by atoms with Crippen molar-refractivity contribution in [3.8, 4) is 5.75 Å². The van der Waals surface area contributed by atoms with Crippen LogP contribution in [-0.4, -0.2) is 55.8 Å². The van der Waals surface area contributed by atoms with Gasteiger partial charge in [0.05, 0.1) is 13.7 Å². The molecule has 1 aliphatic carbocycles. The summed E-state index contributed by atoms with van der Waals surface area (Å²) in [6.45, 7) is 5.31. The molecule has 3 aliphatic heterocycles. The lowest BCUT2D eigenvalue weighted by molar-refractivity contribution is -0.128. The number of dihydropyridines is 1. The molecule has 204 valence electrons. The summed E-state index contributed by atoms with van der Waals surface area (Å²) >= 11 is 0. The zero-order chi connectivity index (χ0) is 27.0. The van der Waals surface area contributed by atoms with Crippen LogP contribution in [0.1, 0.15) is 42.9 Å². The predicted octanol–water partition coefficient (Wildman–Crippen LogP) is 4.18. The minimum atomic E-state index is -1.04. The van der Waals surface area contributed by atoms with Crippen LogP contribution >= 0.6 is 0 Å². The smallest absolute Gasteiger partial charge is 0.251 e. The van der Waals surface area contributed by atoms with E-state index in [-0.39, 0.29) is 5.91 Å². The van der Waals surface area contributed by atoms with E-state index in [4.69, 9.17) is 9.47 Å². The number of carbonyl (C=O) groups is 1. The number of rotatable bonds is 5. The average Bonchev–Trinajstić information content (AvgIpc) is 2.98. The third-order valence-electron chi connectivity index (χ3n) is 8.42. The van der Waals surface area contributed by atoms with E-state index in [0.717, 1.165) is 83.2 Å². The van der Waals surface area contributed by atoms with Crippen molar-refractivity contribution in [2.75, 3.05) is 44.8 Å². The summed E-state index contributed by atoms with van der Waals surface area (Å²) in [4.78, 5) is 17.3. The number of anilines is 1. The van der Waals surface area contributed by atoms with Gasteiger partial charge in [0.15, 0.2) is 5.76 Å².